The molecule has 0 aromatic heterocycles. The van der Waals surface area contributed by atoms with Crippen LogP contribution >= 0.6 is 0 Å². The molecule has 0 radical (unpaired) electrons. The lowest BCUT2D eigenvalue weighted by atomic mass is 10.2. The molecule has 0 saturated heterocycles. The van der Waals surface area contributed by atoms with Crippen LogP contribution in [-0.4, -0.2) is 89.4 Å². The van der Waals surface area contributed by atoms with Gasteiger partial charge >= 0.3 is 0 Å². The van der Waals surface area contributed by atoms with Crippen molar-refractivity contribution in [1.29, 1.82) is 0 Å². The fraction of sp³-hybridized carbons (Fsp3) is 1.00. The third-order valence-electron chi connectivity index (χ3n) is 1.54. The Morgan fingerprint density at radius 1 is 0.619 bits per heavy atom. The largest absolute Gasteiger partial charge is 0.396 e. The highest BCUT2D eigenvalue weighted by molar-refractivity contribution is 4.51. The lowest BCUT2D eigenvalue weighted by molar-refractivity contribution is 0.0848. The molecule has 0 aliphatic carbocycles. The van der Waals surface area contributed by atoms with Gasteiger partial charge in [0, 0.05) is 26.2 Å². The molecule has 0 rings (SSSR count). The van der Waals surface area contributed by atoms with Crippen molar-refractivity contribution >= 4 is 0 Å². The Morgan fingerprint density at radius 2 is 0.952 bits per heavy atom. The Bertz CT molecular complexity index is 120. The van der Waals surface area contributed by atoms with Gasteiger partial charge in [-0.05, 0) is 19.3 Å². The SMILES string of the molecule is NCCO.NCCO.NCCO.OCCCCC(O)CO. The number of aliphatic hydroxyl groups is 6. The molecule has 1 unspecified atom stereocenters. The van der Waals surface area contributed by atoms with Crippen molar-refractivity contribution in [3.8, 4) is 0 Å². The average Bonchev–Trinajstić information content (AvgIpc) is 2.55. The van der Waals surface area contributed by atoms with E-state index in [1.165, 1.54) is 0 Å². The van der Waals surface area contributed by atoms with Gasteiger partial charge in [-0.25, -0.2) is 0 Å². The number of unbranched alkanes of at least 4 members (excludes halogenated alkanes) is 1. The predicted octanol–water partition coefficient (Wildman–Crippen LogP) is -3.69. The molecule has 0 spiro atoms. The molecular weight excluding hydrogens is 282 g/mol. The molecule has 9 heteroatoms. The number of hydrogen-bond acceptors (Lipinski definition) is 9. The molecule has 0 aliphatic heterocycles. The first kappa shape index (κ1) is 28.8. The molecule has 0 bridgehead atoms. The van der Waals surface area contributed by atoms with Crippen molar-refractivity contribution < 1.29 is 30.6 Å². The summed E-state index contributed by atoms with van der Waals surface area (Å²) in [5.41, 5.74) is 14.3. The van der Waals surface area contributed by atoms with Gasteiger partial charge in [-0.3, -0.25) is 0 Å². The van der Waals surface area contributed by atoms with Gasteiger partial charge in [0.1, 0.15) is 0 Å². The van der Waals surface area contributed by atoms with Gasteiger partial charge in [-0.1, -0.05) is 0 Å². The Labute approximate surface area is 127 Å². The van der Waals surface area contributed by atoms with Crippen LogP contribution in [0.25, 0.3) is 0 Å². The highest BCUT2D eigenvalue weighted by Gasteiger charge is 1.99. The van der Waals surface area contributed by atoms with Crippen molar-refractivity contribution in [2.75, 3.05) is 52.7 Å². The molecule has 0 amide bonds. The van der Waals surface area contributed by atoms with E-state index in [-0.39, 0.29) is 33.0 Å². The first-order chi connectivity index (χ1) is 10.1. The maximum absolute atomic E-state index is 8.75. The smallest absolute Gasteiger partial charge is 0.0771 e. The first-order valence-electron chi connectivity index (χ1n) is 6.88. The van der Waals surface area contributed by atoms with Gasteiger partial charge in [0.15, 0.2) is 0 Å². The maximum Gasteiger partial charge on any atom is 0.0771 e. The maximum atomic E-state index is 8.75. The zero-order valence-electron chi connectivity index (χ0n) is 12.8. The van der Waals surface area contributed by atoms with E-state index in [2.05, 4.69) is 0 Å². The first-order valence-corrected chi connectivity index (χ1v) is 6.88. The quantitative estimate of drug-likeness (QED) is 0.202. The lowest BCUT2D eigenvalue weighted by Gasteiger charge is -2.03. The zero-order valence-corrected chi connectivity index (χ0v) is 12.8. The van der Waals surface area contributed by atoms with Crippen LogP contribution in [0.3, 0.4) is 0 Å². The fourth-order valence-electron chi connectivity index (χ4n) is 0.583. The van der Waals surface area contributed by atoms with Crippen molar-refractivity contribution in [2.24, 2.45) is 17.2 Å². The van der Waals surface area contributed by atoms with E-state index in [0.717, 1.165) is 6.42 Å². The van der Waals surface area contributed by atoms with Gasteiger partial charge in [0.25, 0.3) is 0 Å². The summed E-state index contributed by atoms with van der Waals surface area (Å²) in [4.78, 5) is 0. The van der Waals surface area contributed by atoms with E-state index < -0.39 is 6.10 Å². The third kappa shape index (κ3) is 65.8. The van der Waals surface area contributed by atoms with Crippen LogP contribution in [0.15, 0.2) is 0 Å². The van der Waals surface area contributed by atoms with E-state index in [4.69, 9.17) is 47.8 Å². The molecule has 0 aliphatic rings. The average molecular weight is 317 g/mol. The molecular formula is C12H35N3O6. The van der Waals surface area contributed by atoms with E-state index in [1.807, 2.05) is 0 Å². The highest BCUT2D eigenvalue weighted by Crippen LogP contribution is 1.98. The summed E-state index contributed by atoms with van der Waals surface area (Å²) >= 11 is 0. The molecule has 9 nitrogen and oxygen atoms in total. The van der Waals surface area contributed by atoms with Crippen LogP contribution in [0.2, 0.25) is 0 Å². The van der Waals surface area contributed by atoms with Gasteiger partial charge in [-0.15, -0.1) is 0 Å². The van der Waals surface area contributed by atoms with Crippen molar-refractivity contribution in [3.63, 3.8) is 0 Å². The van der Waals surface area contributed by atoms with Crippen LogP contribution in [0, 0.1) is 0 Å². The van der Waals surface area contributed by atoms with Crippen LogP contribution in [-0.2, 0) is 0 Å². The number of rotatable bonds is 8. The van der Waals surface area contributed by atoms with E-state index in [1.54, 1.807) is 0 Å². The summed E-state index contributed by atoms with van der Waals surface area (Å²) < 4.78 is 0. The van der Waals surface area contributed by atoms with E-state index in [9.17, 15) is 0 Å². The molecule has 0 fully saturated rings. The summed E-state index contributed by atoms with van der Waals surface area (Å²) in [6.07, 6.45) is 1.46. The summed E-state index contributed by atoms with van der Waals surface area (Å²) in [6.45, 7) is 1.41. The minimum atomic E-state index is -0.600. The molecule has 21 heavy (non-hydrogen) atoms. The van der Waals surface area contributed by atoms with Crippen LogP contribution in [0.5, 0.6) is 0 Å². The van der Waals surface area contributed by atoms with Crippen molar-refractivity contribution in [3.05, 3.63) is 0 Å². The number of nitrogens with two attached hydrogens (primary N) is 3. The monoisotopic (exact) mass is 317 g/mol. The summed E-state index contributed by atoms with van der Waals surface area (Å²) in [5.74, 6) is 0. The Hall–Kier alpha value is -0.360. The van der Waals surface area contributed by atoms with Crippen LogP contribution in [0.1, 0.15) is 19.3 Å². The molecule has 134 valence electrons. The second kappa shape index (κ2) is 36.7. The minimum absolute atomic E-state index is 0.0972. The third-order valence-corrected chi connectivity index (χ3v) is 1.54. The Kier molecular flexibility index (Phi) is 50.2. The van der Waals surface area contributed by atoms with Crippen LogP contribution in [0.4, 0.5) is 0 Å². The highest BCUT2D eigenvalue weighted by atomic mass is 16.3. The van der Waals surface area contributed by atoms with Gasteiger partial charge < -0.3 is 47.8 Å². The second-order valence-electron chi connectivity index (χ2n) is 3.59. The van der Waals surface area contributed by atoms with Gasteiger partial charge in [-0.2, -0.15) is 0 Å². The summed E-state index contributed by atoms with van der Waals surface area (Å²) in [6, 6.07) is 0. The Morgan fingerprint density at radius 3 is 1.14 bits per heavy atom. The lowest BCUT2D eigenvalue weighted by Crippen LogP contribution is -2.11. The number of aliphatic hydroxyl groups excluding tert-OH is 6. The predicted molar refractivity (Wildman–Crippen MR) is 82.5 cm³/mol. The molecule has 12 N–H and O–H groups in total. The van der Waals surface area contributed by atoms with E-state index in [0.29, 0.717) is 32.5 Å². The molecule has 0 aromatic rings. The molecule has 1 atom stereocenters. The molecule has 0 heterocycles. The zero-order chi connectivity index (χ0) is 17.4. The fourth-order valence-corrected chi connectivity index (χ4v) is 0.583. The molecule has 0 aromatic carbocycles. The van der Waals surface area contributed by atoms with Gasteiger partial charge in [0.05, 0.1) is 32.5 Å². The van der Waals surface area contributed by atoms with Crippen molar-refractivity contribution in [2.45, 2.75) is 25.4 Å². The van der Waals surface area contributed by atoms with Gasteiger partial charge in [0.2, 0.25) is 0 Å². The van der Waals surface area contributed by atoms with Crippen molar-refractivity contribution in [1.82, 2.24) is 0 Å². The topological polar surface area (TPSA) is 199 Å². The second-order valence-corrected chi connectivity index (χ2v) is 3.59. The normalized spacial score (nSPS) is 10.1. The summed E-state index contributed by atoms with van der Waals surface area (Å²) in [5, 5.41) is 48.6. The Balaban J connectivity index is -0.000000102. The van der Waals surface area contributed by atoms with Crippen LogP contribution < -0.4 is 17.2 Å². The standard InChI is InChI=1S/C6H14O3.3C2H7NO/c7-4-2-1-3-6(9)5-8;3*3-1-2-4/h6-9H,1-5H2;3*4H,1-3H2. The number of hydrogen-bond donors (Lipinski definition) is 9. The minimum Gasteiger partial charge on any atom is -0.396 e. The van der Waals surface area contributed by atoms with E-state index >= 15 is 0 Å². The molecule has 0 saturated carbocycles. The summed E-state index contributed by atoms with van der Waals surface area (Å²) in [7, 11) is 0.